The third-order valence-electron chi connectivity index (χ3n) is 4.49. The van der Waals surface area contributed by atoms with Crippen LogP contribution in [0.15, 0.2) is 6.07 Å². The van der Waals surface area contributed by atoms with Crippen molar-refractivity contribution in [3.8, 4) is 5.95 Å². The van der Waals surface area contributed by atoms with E-state index in [4.69, 9.17) is 5.73 Å². The third-order valence-corrected chi connectivity index (χ3v) is 4.49. The number of aryl methyl sites for hydroxylation is 3. The van der Waals surface area contributed by atoms with Gasteiger partial charge in [0.2, 0.25) is 5.91 Å². The van der Waals surface area contributed by atoms with E-state index in [0.29, 0.717) is 12.5 Å². The molecule has 2 rings (SSSR count). The van der Waals surface area contributed by atoms with Crippen LogP contribution in [0.3, 0.4) is 0 Å². The van der Waals surface area contributed by atoms with Crippen molar-refractivity contribution in [2.75, 3.05) is 6.54 Å². The Bertz CT molecular complexity index is 747. The first-order valence-corrected chi connectivity index (χ1v) is 9.22. The summed E-state index contributed by atoms with van der Waals surface area (Å²) in [5.41, 5.74) is 10.2. The molecule has 1 atom stereocenters. The van der Waals surface area contributed by atoms with E-state index in [9.17, 15) is 4.79 Å². The predicted molar refractivity (Wildman–Crippen MR) is 102 cm³/mol. The van der Waals surface area contributed by atoms with Crippen molar-refractivity contribution >= 4 is 5.91 Å². The highest BCUT2D eigenvalue weighted by Crippen LogP contribution is 2.17. The summed E-state index contributed by atoms with van der Waals surface area (Å²) in [4.78, 5) is 21.4. The number of amides is 1. The fourth-order valence-corrected chi connectivity index (χ4v) is 3.07. The Labute approximate surface area is 155 Å². The van der Waals surface area contributed by atoms with E-state index in [-0.39, 0.29) is 18.4 Å². The highest BCUT2D eigenvalue weighted by Gasteiger charge is 2.19. The van der Waals surface area contributed by atoms with Crippen LogP contribution < -0.4 is 11.1 Å². The molecular formula is C19H30N6O. The zero-order valence-corrected chi connectivity index (χ0v) is 16.5. The normalized spacial score (nSPS) is 12.2. The number of nitrogens with zero attached hydrogens (tertiary/aromatic N) is 4. The largest absolute Gasteiger partial charge is 0.352 e. The second-order valence-electron chi connectivity index (χ2n) is 6.83. The molecule has 1 amide bonds. The summed E-state index contributed by atoms with van der Waals surface area (Å²) in [6, 6.07) is 1.95. The Morgan fingerprint density at radius 1 is 1.23 bits per heavy atom. The maximum Gasteiger partial charge on any atom is 0.251 e. The Kier molecular flexibility index (Phi) is 6.85. The topological polar surface area (TPSA) is 98.7 Å². The Balaban J connectivity index is 2.18. The van der Waals surface area contributed by atoms with Crippen LogP contribution >= 0.6 is 0 Å². The molecule has 0 bridgehead atoms. The van der Waals surface area contributed by atoms with Crippen LogP contribution in [0.2, 0.25) is 0 Å². The SMILES string of the molecule is CCCCC(CN)NC(=O)Cc1c(C)nn(-c2nc(C)cc(C)n2)c1C. The van der Waals surface area contributed by atoms with Gasteiger partial charge in [0.25, 0.3) is 5.95 Å². The van der Waals surface area contributed by atoms with Crippen LogP contribution in [0.1, 0.15) is 54.5 Å². The maximum absolute atomic E-state index is 12.5. The molecule has 0 fully saturated rings. The number of aromatic nitrogens is 4. The van der Waals surface area contributed by atoms with Gasteiger partial charge in [-0.05, 0) is 40.2 Å². The molecule has 7 nitrogen and oxygen atoms in total. The van der Waals surface area contributed by atoms with Crippen LogP contribution in [0, 0.1) is 27.7 Å². The number of hydrogen-bond donors (Lipinski definition) is 2. The molecule has 0 aliphatic carbocycles. The van der Waals surface area contributed by atoms with Gasteiger partial charge in [0.1, 0.15) is 0 Å². The molecule has 0 saturated heterocycles. The average molecular weight is 358 g/mol. The Morgan fingerprint density at radius 2 is 1.88 bits per heavy atom. The van der Waals surface area contributed by atoms with Crippen molar-refractivity contribution in [1.29, 1.82) is 0 Å². The van der Waals surface area contributed by atoms with E-state index in [1.54, 1.807) is 4.68 Å². The molecule has 2 aromatic rings. The van der Waals surface area contributed by atoms with E-state index in [0.717, 1.165) is 47.6 Å². The van der Waals surface area contributed by atoms with E-state index in [1.165, 1.54) is 0 Å². The summed E-state index contributed by atoms with van der Waals surface area (Å²) in [6.07, 6.45) is 3.34. The van der Waals surface area contributed by atoms with Crippen LogP contribution in [0.25, 0.3) is 5.95 Å². The maximum atomic E-state index is 12.5. The standard InChI is InChI=1S/C19H30N6O/c1-6-7-8-16(11-20)23-18(26)10-17-14(4)24-25(15(17)5)19-21-12(2)9-13(3)22-19/h9,16H,6-8,10-11,20H2,1-5H3,(H,23,26). The molecule has 1 unspecified atom stereocenters. The summed E-state index contributed by atoms with van der Waals surface area (Å²) in [7, 11) is 0. The molecule has 26 heavy (non-hydrogen) atoms. The fourth-order valence-electron chi connectivity index (χ4n) is 3.07. The van der Waals surface area contributed by atoms with Gasteiger partial charge in [-0.25, -0.2) is 14.6 Å². The minimum Gasteiger partial charge on any atom is -0.352 e. The minimum atomic E-state index is -0.0244. The van der Waals surface area contributed by atoms with Gasteiger partial charge in [0.15, 0.2) is 0 Å². The first-order chi connectivity index (χ1) is 12.3. The number of nitrogens with two attached hydrogens (primary N) is 1. The molecule has 0 aromatic carbocycles. The number of nitrogens with one attached hydrogen (secondary N) is 1. The summed E-state index contributed by atoms with van der Waals surface area (Å²) in [6.45, 7) is 10.3. The average Bonchev–Trinajstić information content (AvgIpc) is 2.86. The lowest BCUT2D eigenvalue weighted by Crippen LogP contribution is -2.41. The van der Waals surface area contributed by atoms with Crippen molar-refractivity contribution in [3.63, 3.8) is 0 Å². The number of hydrogen-bond acceptors (Lipinski definition) is 5. The van der Waals surface area contributed by atoms with Gasteiger partial charge in [-0.1, -0.05) is 19.8 Å². The van der Waals surface area contributed by atoms with E-state index in [1.807, 2.05) is 33.8 Å². The lowest BCUT2D eigenvalue weighted by Gasteiger charge is -2.16. The van der Waals surface area contributed by atoms with Crippen molar-refractivity contribution < 1.29 is 4.79 Å². The van der Waals surface area contributed by atoms with Crippen LogP contribution in [-0.2, 0) is 11.2 Å². The van der Waals surface area contributed by atoms with E-state index >= 15 is 0 Å². The second-order valence-corrected chi connectivity index (χ2v) is 6.83. The molecule has 0 radical (unpaired) electrons. The first-order valence-electron chi connectivity index (χ1n) is 9.22. The lowest BCUT2D eigenvalue weighted by molar-refractivity contribution is -0.121. The van der Waals surface area contributed by atoms with Gasteiger partial charge < -0.3 is 11.1 Å². The van der Waals surface area contributed by atoms with Crippen LogP contribution in [-0.4, -0.2) is 38.2 Å². The highest BCUT2D eigenvalue weighted by atomic mass is 16.1. The van der Waals surface area contributed by atoms with E-state index < -0.39 is 0 Å². The van der Waals surface area contributed by atoms with E-state index in [2.05, 4.69) is 27.3 Å². The van der Waals surface area contributed by atoms with Gasteiger partial charge in [-0.2, -0.15) is 5.10 Å². The number of unbranched alkanes of at least 4 members (excludes halogenated alkanes) is 1. The summed E-state index contributed by atoms with van der Waals surface area (Å²) in [5.74, 6) is 0.515. The van der Waals surface area contributed by atoms with Crippen LogP contribution in [0.4, 0.5) is 0 Å². The van der Waals surface area contributed by atoms with Crippen molar-refractivity contribution in [2.24, 2.45) is 5.73 Å². The van der Waals surface area contributed by atoms with Crippen molar-refractivity contribution in [3.05, 3.63) is 34.4 Å². The molecular weight excluding hydrogens is 328 g/mol. The molecule has 142 valence electrons. The fraction of sp³-hybridized carbons (Fsp3) is 0.579. The van der Waals surface area contributed by atoms with Gasteiger partial charge in [0.05, 0.1) is 12.1 Å². The number of carbonyl (C=O) groups excluding carboxylic acids is 1. The van der Waals surface area contributed by atoms with Gasteiger partial charge in [-0.15, -0.1) is 0 Å². The number of rotatable bonds is 8. The second kappa shape index (κ2) is 8.89. The van der Waals surface area contributed by atoms with Gasteiger partial charge in [0, 0.05) is 35.2 Å². The zero-order chi connectivity index (χ0) is 19.3. The molecule has 0 spiro atoms. The summed E-state index contributed by atoms with van der Waals surface area (Å²) >= 11 is 0. The summed E-state index contributed by atoms with van der Waals surface area (Å²) < 4.78 is 1.72. The molecule has 2 aromatic heterocycles. The van der Waals surface area contributed by atoms with Gasteiger partial charge >= 0.3 is 0 Å². The summed E-state index contributed by atoms with van der Waals surface area (Å²) in [5, 5.41) is 7.59. The monoisotopic (exact) mass is 358 g/mol. The minimum absolute atomic E-state index is 0.0244. The molecule has 0 aliphatic rings. The van der Waals surface area contributed by atoms with Crippen LogP contribution in [0.5, 0.6) is 0 Å². The zero-order valence-electron chi connectivity index (χ0n) is 16.5. The first kappa shape index (κ1) is 20.0. The Morgan fingerprint density at radius 3 is 2.46 bits per heavy atom. The van der Waals surface area contributed by atoms with Crippen molar-refractivity contribution in [2.45, 2.75) is 66.3 Å². The smallest absolute Gasteiger partial charge is 0.251 e. The molecule has 0 aliphatic heterocycles. The van der Waals surface area contributed by atoms with Gasteiger partial charge in [-0.3, -0.25) is 4.79 Å². The molecule has 2 heterocycles. The highest BCUT2D eigenvalue weighted by molar-refractivity contribution is 5.79. The lowest BCUT2D eigenvalue weighted by atomic mass is 10.1. The molecule has 7 heteroatoms. The third kappa shape index (κ3) is 4.88. The predicted octanol–water partition coefficient (Wildman–Crippen LogP) is 2.07. The Hall–Kier alpha value is -2.28. The quantitative estimate of drug-likeness (QED) is 0.753. The van der Waals surface area contributed by atoms with Crippen molar-refractivity contribution in [1.82, 2.24) is 25.1 Å². The number of carbonyl (C=O) groups is 1. The molecule has 3 N–H and O–H groups in total. The molecule has 0 saturated carbocycles.